The first-order valence-electron chi connectivity index (χ1n) is 10.9. The first kappa shape index (κ1) is 21.8. The summed E-state index contributed by atoms with van der Waals surface area (Å²) in [7, 11) is 1.62. The van der Waals surface area contributed by atoms with Crippen LogP contribution >= 0.6 is 11.6 Å². The molecule has 1 N–H and O–H groups in total. The molecule has 3 heterocycles. The predicted molar refractivity (Wildman–Crippen MR) is 127 cm³/mol. The number of halogens is 2. The van der Waals surface area contributed by atoms with Gasteiger partial charge >= 0.3 is 0 Å². The van der Waals surface area contributed by atoms with Crippen molar-refractivity contribution in [3.63, 3.8) is 0 Å². The molecule has 0 spiro atoms. The monoisotopic (exact) mass is 466 g/mol. The number of aliphatic hydroxyl groups is 1. The average molecular weight is 467 g/mol. The molecule has 0 amide bonds. The van der Waals surface area contributed by atoms with Gasteiger partial charge in [-0.3, -0.25) is 0 Å². The van der Waals surface area contributed by atoms with Crippen molar-refractivity contribution in [3.05, 3.63) is 71.1 Å². The van der Waals surface area contributed by atoms with Crippen LogP contribution in [0, 0.1) is 5.82 Å². The van der Waals surface area contributed by atoms with Crippen LogP contribution in [0.1, 0.15) is 18.5 Å². The quantitative estimate of drug-likeness (QED) is 0.435. The Morgan fingerprint density at radius 2 is 1.97 bits per heavy atom. The summed E-state index contributed by atoms with van der Waals surface area (Å²) in [4.78, 5) is 7.12. The minimum absolute atomic E-state index is 0.000610. The number of fused-ring (bicyclic) bond motifs is 1. The molecule has 0 unspecified atom stereocenters. The van der Waals surface area contributed by atoms with E-state index in [0.29, 0.717) is 22.8 Å². The Bertz CT molecular complexity index is 1290. The summed E-state index contributed by atoms with van der Waals surface area (Å²) in [6, 6.07) is 15.9. The Kier molecular flexibility index (Phi) is 6.01. The number of ether oxygens (including phenoxy) is 1. The van der Waals surface area contributed by atoms with Crippen LogP contribution in [-0.4, -0.2) is 46.0 Å². The second-order valence-electron chi connectivity index (χ2n) is 8.18. The van der Waals surface area contributed by atoms with Gasteiger partial charge in [0.2, 0.25) is 0 Å². The largest absolute Gasteiger partial charge is 0.394 e. The zero-order valence-electron chi connectivity index (χ0n) is 18.2. The number of hydrogen-bond acceptors (Lipinski definition) is 5. The third-order valence-electron chi connectivity index (χ3n) is 6.06. The van der Waals surface area contributed by atoms with E-state index in [1.54, 1.807) is 17.7 Å². The molecule has 1 fully saturated rings. The molecule has 2 aromatic carbocycles. The molecule has 1 saturated heterocycles. The SMILES string of the molecule is COCc1nn2c(-c3cccc(F)c3)cc(N3CCC[C@H]3CO)nc2c1-c1ccc(Cl)cc1. The van der Waals surface area contributed by atoms with E-state index in [4.69, 9.17) is 26.4 Å². The van der Waals surface area contributed by atoms with Crippen LogP contribution in [0.25, 0.3) is 28.0 Å². The van der Waals surface area contributed by atoms with E-state index in [2.05, 4.69) is 4.90 Å². The van der Waals surface area contributed by atoms with Gasteiger partial charge < -0.3 is 14.7 Å². The van der Waals surface area contributed by atoms with Gasteiger partial charge in [0.25, 0.3) is 0 Å². The number of anilines is 1. The van der Waals surface area contributed by atoms with E-state index in [0.717, 1.165) is 47.7 Å². The average Bonchev–Trinajstić information content (AvgIpc) is 3.44. The highest BCUT2D eigenvalue weighted by Crippen LogP contribution is 2.35. The lowest BCUT2D eigenvalue weighted by Crippen LogP contribution is -2.32. The molecule has 170 valence electrons. The van der Waals surface area contributed by atoms with Gasteiger partial charge in [-0.25, -0.2) is 13.9 Å². The molecular formula is C25H24ClFN4O2. The maximum Gasteiger partial charge on any atom is 0.166 e. The Balaban J connectivity index is 1.81. The number of aliphatic hydroxyl groups excluding tert-OH is 1. The Hall–Kier alpha value is -3.00. The molecular weight excluding hydrogens is 443 g/mol. The van der Waals surface area contributed by atoms with Gasteiger partial charge in [0.05, 0.1) is 36.2 Å². The van der Waals surface area contributed by atoms with Gasteiger partial charge in [-0.15, -0.1) is 0 Å². The second kappa shape index (κ2) is 9.09. The lowest BCUT2D eigenvalue weighted by atomic mass is 10.1. The molecule has 0 bridgehead atoms. The molecule has 5 rings (SSSR count). The van der Waals surface area contributed by atoms with Crippen LogP contribution in [0.4, 0.5) is 10.2 Å². The van der Waals surface area contributed by atoms with Crippen molar-refractivity contribution < 1.29 is 14.2 Å². The third-order valence-corrected chi connectivity index (χ3v) is 6.32. The second-order valence-corrected chi connectivity index (χ2v) is 8.62. The molecule has 8 heteroatoms. The van der Waals surface area contributed by atoms with Crippen LogP contribution in [0.2, 0.25) is 5.02 Å². The van der Waals surface area contributed by atoms with E-state index in [9.17, 15) is 9.50 Å². The molecule has 0 radical (unpaired) electrons. The predicted octanol–water partition coefficient (Wildman–Crippen LogP) is 4.96. The van der Waals surface area contributed by atoms with Crippen LogP contribution < -0.4 is 4.90 Å². The van der Waals surface area contributed by atoms with Crippen molar-refractivity contribution >= 4 is 23.1 Å². The first-order valence-corrected chi connectivity index (χ1v) is 11.3. The zero-order chi connectivity index (χ0) is 22.9. The van der Waals surface area contributed by atoms with Crippen molar-refractivity contribution in [2.24, 2.45) is 0 Å². The topological polar surface area (TPSA) is 62.9 Å². The number of nitrogens with zero attached hydrogens (tertiary/aromatic N) is 4. The molecule has 33 heavy (non-hydrogen) atoms. The molecule has 0 aliphatic carbocycles. The van der Waals surface area contributed by atoms with E-state index < -0.39 is 0 Å². The summed E-state index contributed by atoms with van der Waals surface area (Å²) < 4.78 is 21.3. The van der Waals surface area contributed by atoms with Gasteiger partial charge in [-0.05, 0) is 42.7 Å². The molecule has 0 saturated carbocycles. The van der Waals surface area contributed by atoms with Crippen molar-refractivity contribution in [2.75, 3.05) is 25.2 Å². The van der Waals surface area contributed by atoms with Gasteiger partial charge in [0.1, 0.15) is 11.6 Å². The highest BCUT2D eigenvalue weighted by molar-refractivity contribution is 6.30. The molecule has 1 aliphatic rings. The van der Waals surface area contributed by atoms with Gasteiger partial charge in [0.15, 0.2) is 5.65 Å². The van der Waals surface area contributed by atoms with Crippen LogP contribution in [0.3, 0.4) is 0 Å². The summed E-state index contributed by atoms with van der Waals surface area (Å²) in [6.07, 6.45) is 1.88. The number of hydrogen-bond donors (Lipinski definition) is 1. The Labute approximate surface area is 196 Å². The summed E-state index contributed by atoms with van der Waals surface area (Å²) in [5.74, 6) is 0.410. The Morgan fingerprint density at radius 1 is 1.15 bits per heavy atom. The molecule has 1 aliphatic heterocycles. The number of aromatic nitrogens is 3. The van der Waals surface area contributed by atoms with Gasteiger partial charge in [0, 0.05) is 30.3 Å². The minimum Gasteiger partial charge on any atom is -0.394 e. The molecule has 2 aromatic heterocycles. The van der Waals surface area contributed by atoms with Crippen molar-refractivity contribution in [1.29, 1.82) is 0 Å². The van der Waals surface area contributed by atoms with Crippen LogP contribution in [0.15, 0.2) is 54.6 Å². The Morgan fingerprint density at radius 3 is 2.70 bits per heavy atom. The summed E-state index contributed by atoms with van der Waals surface area (Å²) in [5.41, 5.74) is 4.53. The summed E-state index contributed by atoms with van der Waals surface area (Å²) in [5, 5.41) is 15.4. The normalized spacial score (nSPS) is 16.1. The number of benzene rings is 2. The van der Waals surface area contributed by atoms with E-state index in [1.807, 2.05) is 36.4 Å². The maximum absolute atomic E-state index is 14.2. The van der Waals surface area contributed by atoms with E-state index in [1.165, 1.54) is 12.1 Å². The van der Waals surface area contributed by atoms with E-state index in [-0.39, 0.29) is 18.5 Å². The standard InChI is InChI=1S/C25H24ClFN4O2/c1-33-15-21-24(16-7-9-18(26)10-8-16)25-28-23(30-11-3-6-20(30)14-32)13-22(31(25)29-21)17-4-2-5-19(27)12-17/h2,4-5,7-10,12-13,20,32H,3,6,11,14-15H2,1H3/t20-/m0/s1. The van der Waals surface area contributed by atoms with Crippen molar-refractivity contribution in [3.8, 4) is 22.4 Å². The maximum atomic E-state index is 14.2. The minimum atomic E-state index is -0.324. The van der Waals surface area contributed by atoms with Crippen molar-refractivity contribution in [2.45, 2.75) is 25.5 Å². The fourth-order valence-corrected chi connectivity index (χ4v) is 4.65. The van der Waals surface area contributed by atoms with Crippen LogP contribution in [0.5, 0.6) is 0 Å². The van der Waals surface area contributed by atoms with E-state index >= 15 is 0 Å². The summed E-state index contributed by atoms with van der Waals surface area (Å²) >= 11 is 6.13. The highest BCUT2D eigenvalue weighted by Gasteiger charge is 2.28. The smallest absolute Gasteiger partial charge is 0.166 e. The molecule has 1 atom stereocenters. The van der Waals surface area contributed by atoms with Gasteiger partial charge in [-0.2, -0.15) is 5.10 Å². The lowest BCUT2D eigenvalue weighted by Gasteiger charge is -2.25. The fraction of sp³-hybridized carbons (Fsp3) is 0.280. The third kappa shape index (κ3) is 4.08. The zero-order valence-corrected chi connectivity index (χ0v) is 19.0. The molecule has 6 nitrogen and oxygen atoms in total. The number of rotatable bonds is 6. The summed E-state index contributed by atoms with van der Waals surface area (Å²) in [6.45, 7) is 1.15. The van der Waals surface area contributed by atoms with Gasteiger partial charge in [-0.1, -0.05) is 35.9 Å². The fourth-order valence-electron chi connectivity index (χ4n) is 4.53. The highest BCUT2D eigenvalue weighted by atomic mass is 35.5. The lowest BCUT2D eigenvalue weighted by molar-refractivity contribution is 0.181. The molecule has 4 aromatic rings. The van der Waals surface area contributed by atoms with Crippen LogP contribution in [-0.2, 0) is 11.3 Å². The first-order chi connectivity index (χ1) is 16.1. The van der Waals surface area contributed by atoms with Crippen molar-refractivity contribution in [1.82, 2.24) is 14.6 Å². The number of methoxy groups -OCH3 is 1.